The highest BCUT2D eigenvalue weighted by Gasteiger charge is 2.40. The van der Waals surface area contributed by atoms with Gasteiger partial charge in [-0.25, -0.2) is 13.8 Å². The van der Waals surface area contributed by atoms with E-state index in [0.29, 0.717) is 17.7 Å². The third-order valence-electron chi connectivity index (χ3n) is 4.71. The maximum atomic E-state index is 13.7. The van der Waals surface area contributed by atoms with E-state index in [1.54, 1.807) is 0 Å². The van der Waals surface area contributed by atoms with Gasteiger partial charge in [0.15, 0.2) is 17.5 Å². The first-order chi connectivity index (χ1) is 10.5. The lowest BCUT2D eigenvalue weighted by Gasteiger charge is -2.20. The van der Waals surface area contributed by atoms with Crippen molar-refractivity contribution in [1.29, 1.82) is 5.41 Å². The molecular weight excluding hydrogens is 288 g/mol. The molecule has 2 atom stereocenters. The van der Waals surface area contributed by atoms with E-state index in [1.165, 1.54) is 6.07 Å². The molecule has 5 nitrogen and oxygen atoms in total. The van der Waals surface area contributed by atoms with E-state index in [4.69, 9.17) is 5.41 Å². The third-order valence-corrected chi connectivity index (χ3v) is 4.71. The van der Waals surface area contributed by atoms with Crippen molar-refractivity contribution < 1.29 is 8.78 Å². The Bertz CT molecular complexity index is 742. The van der Waals surface area contributed by atoms with Crippen molar-refractivity contribution in [1.82, 2.24) is 19.8 Å². The monoisotopic (exact) mass is 305 g/mol. The summed E-state index contributed by atoms with van der Waals surface area (Å²) in [4.78, 5) is 11.3. The summed E-state index contributed by atoms with van der Waals surface area (Å²) in [6.07, 6.45) is 0. The van der Waals surface area contributed by atoms with Gasteiger partial charge in [-0.3, -0.25) is 5.41 Å². The Balaban J connectivity index is 1.60. The molecule has 2 fully saturated rings. The maximum absolute atomic E-state index is 13.7. The second-order valence-corrected chi connectivity index (χ2v) is 6.36. The van der Waals surface area contributed by atoms with Gasteiger partial charge in [-0.15, -0.1) is 0 Å². The normalized spacial score (nSPS) is 25.1. The first kappa shape index (κ1) is 13.6. The molecule has 0 bridgehead atoms. The van der Waals surface area contributed by atoms with E-state index in [-0.39, 0.29) is 16.9 Å². The lowest BCUT2D eigenvalue weighted by atomic mass is 10.0. The van der Waals surface area contributed by atoms with Crippen molar-refractivity contribution >= 4 is 16.9 Å². The Kier molecular flexibility index (Phi) is 2.94. The molecule has 2 aromatic rings. The summed E-state index contributed by atoms with van der Waals surface area (Å²) in [5.74, 6) is 0.351. The first-order valence-electron chi connectivity index (χ1n) is 7.38. The predicted octanol–water partition coefficient (Wildman–Crippen LogP) is 1.66. The molecule has 0 radical (unpaired) electrons. The van der Waals surface area contributed by atoms with Crippen LogP contribution in [0.1, 0.15) is 5.82 Å². The van der Waals surface area contributed by atoms with E-state index in [2.05, 4.69) is 21.9 Å². The van der Waals surface area contributed by atoms with Crippen LogP contribution in [0.25, 0.3) is 11.0 Å². The molecule has 1 aromatic heterocycles. The second-order valence-electron chi connectivity index (χ2n) is 6.36. The van der Waals surface area contributed by atoms with E-state index < -0.39 is 11.6 Å². The average molecular weight is 305 g/mol. The quantitative estimate of drug-likeness (QED) is 0.622. The number of aromatic amines is 1. The number of hydrogen-bond acceptors (Lipinski definition) is 3. The minimum atomic E-state index is -0.704. The molecule has 4 rings (SSSR count). The molecule has 3 heterocycles. The highest BCUT2D eigenvalue weighted by molar-refractivity contribution is 5.96. The number of imidazole rings is 1. The number of amidine groups is 1. The highest BCUT2D eigenvalue weighted by Crippen LogP contribution is 2.31. The Hall–Kier alpha value is -2.02. The lowest BCUT2D eigenvalue weighted by molar-refractivity contribution is 0.347. The molecule has 116 valence electrons. The van der Waals surface area contributed by atoms with Crippen molar-refractivity contribution in [2.45, 2.75) is 0 Å². The maximum Gasteiger partial charge on any atom is 0.173 e. The van der Waals surface area contributed by atoms with Crippen LogP contribution in [0.15, 0.2) is 12.1 Å². The van der Waals surface area contributed by atoms with Crippen LogP contribution < -0.4 is 0 Å². The second kappa shape index (κ2) is 4.74. The zero-order valence-electron chi connectivity index (χ0n) is 12.2. The fourth-order valence-electron chi connectivity index (χ4n) is 3.71. The molecule has 0 spiro atoms. The number of aromatic nitrogens is 2. The molecule has 2 aliphatic rings. The summed E-state index contributed by atoms with van der Waals surface area (Å²) in [6.45, 7) is 3.74. The summed E-state index contributed by atoms with van der Waals surface area (Å²) in [7, 11) is 2.12. The van der Waals surface area contributed by atoms with Crippen molar-refractivity contribution in [2.75, 3.05) is 33.2 Å². The minimum Gasteiger partial charge on any atom is -0.353 e. The van der Waals surface area contributed by atoms with Crippen LogP contribution in [0.4, 0.5) is 8.78 Å². The van der Waals surface area contributed by atoms with Crippen LogP contribution in [-0.2, 0) is 0 Å². The smallest absolute Gasteiger partial charge is 0.173 e. The molecular formula is C15H17F2N5. The molecule has 0 saturated carbocycles. The van der Waals surface area contributed by atoms with E-state index >= 15 is 0 Å². The van der Waals surface area contributed by atoms with Gasteiger partial charge in [0.1, 0.15) is 11.3 Å². The number of H-pyrrole nitrogens is 1. The van der Waals surface area contributed by atoms with Crippen LogP contribution in [0, 0.1) is 28.9 Å². The van der Waals surface area contributed by atoms with E-state index in [1.807, 2.05) is 4.90 Å². The van der Waals surface area contributed by atoms with Gasteiger partial charge in [0, 0.05) is 32.2 Å². The van der Waals surface area contributed by atoms with Crippen LogP contribution in [0.3, 0.4) is 0 Å². The van der Waals surface area contributed by atoms with Gasteiger partial charge in [-0.1, -0.05) is 0 Å². The molecule has 0 aliphatic carbocycles. The Labute approximate surface area is 126 Å². The summed E-state index contributed by atoms with van der Waals surface area (Å²) in [6, 6.07) is 2.02. The Morgan fingerprint density at radius 2 is 1.91 bits per heavy atom. The van der Waals surface area contributed by atoms with Crippen LogP contribution in [-0.4, -0.2) is 58.8 Å². The summed E-state index contributed by atoms with van der Waals surface area (Å²) in [5, 5.41) is 8.32. The zero-order chi connectivity index (χ0) is 15.4. The highest BCUT2D eigenvalue weighted by atomic mass is 19.1. The lowest BCUT2D eigenvalue weighted by Crippen LogP contribution is -2.33. The minimum absolute atomic E-state index is 0.0836. The zero-order valence-corrected chi connectivity index (χ0v) is 12.2. The average Bonchev–Trinajstić information content (AvgIpc) is 3.09. The summed E-state index contributed by atoms with van der Waals surface area (Å²) < 4.78 is 27.0. The van der Waals surface area contributed by atoms with E-state index in [0.717, 1.165) is 32.2 Å². The number of hydrogen-bond donors (Lipinski definition) is 2. The van der Waals surface area contributed by atoms with Crippen molar-refractivity contribution in [3.05, 3.63) is 29.6 Å². The van der Waals surface area contributed by atoms with Crippen LogP contribution in [0.2, 0.25) is 0 Å². The topological polar surface area (TPSA) is 59.0 Å². The Morgan fingerprint density at radius 3 is 2.59 bits per heavy atom. The molecule has 0 unspecified atom stereocenters. The van der Waals surface area contributed by atoms with Gasteiger partial charge in [-0.05, 0) is 24.9 Å². The molecule has 2 saturated heterocycles. The van der Waals surface area contributed by atoms with Gasteiger partial charge in [-0.2, -0.15) is 0 Å². The molecule has 2 aliphatic heterocycles. The first-order valence-corrected chi connectivity index (χ1v) is 7.38. The molecule has 7 heteroatoms. The van der Waals surface area contributed by atoms with Crippen LogP contribution in [0.5, 0.6) is 0 Å². The standard InChI is InChI=1S/C15H17F2N5/c1-21-4-8-6-22(7-9(8)5-21)14(18)15-19-12-3-10(16)2-11(17)13(12)20-15/h2-3,8-9,18H,4-7H2,1H3,(H,19,20)/t8-,9+. The molecule has 2 N–H and O–H groups in total. The summed E-state index contributed by atoms with van der Waals surface area (Å²) in [5.41, 5.74) is 0.372. The Morgan fingerprint density at radius 1 is 1.23 bits per heavy atom. The predicted molar refractivity (Wildman–Crippen MR) is 78.9 cm³/mol. The van der Waals surface area contributed by atoms with Crippen LogP contribution >= 0.6 is 0 Å². The third kappa shape index (κ3) is 2.08. The van der Waals surface area contributed by atoms with Crippen molar-refractivity contribution in [3.63, 3.8) is 0 Å². The van der Waals surface area contributed by atoms with Gasteiger partial charge in [0.25, 0.3) is 0 Å². The van der Waals surface area contributed by atoms with E-state index in [9.17, 15) is 8.78 Å². The number of nitrogens with one attached hydrogen (secondary N) is 2. The largest absolute Gasteiger partial charge is 0.353 e. The molecule has 0 amide bonds. The fourth-order valence-corrected chi connectivity index (χ4v) is 3.71. The number of fused-ring (bicyclic) bond motifs is 2. The summed E-state index contributed by atoms with van der Waals surface area (Å²) >= 11 is 0. The molecule has 1 aromatic carbocycles. The number of halogens is 2. The van der Waals surface area contributed by atoms with Gasteiger partial charge in [0.05, 0.1) is 5.52 Å². The fraction of sp³-hybridized carbons (Fsp3) is 0.467. The number of nitrogens with zero attached hydrogens (tertiary/aromatic N) is 3. The number of likely N-dealkylation sites (tertiary alicyclic amines) is 2. The van der Waals surface area contributed by atoms with Gasteiger partial charge < -0.3 is 14.8 Å². The SMILES string of the molecule is CN1C[C@@H]2CN(C(=N)c3nc4c(F)cc(F)cc4[nH]3)C[C@@H]2C1. The number of rotatable bonds is 1. The number of benzene rings is 1. The van der Waals surface area contributed by atoms with Gasteiger partial charge in [0.2, 0.25) is 0 Å². The van der Waals surface area contributed by atoms with Crippen molar-refractivity contribution in [2.24, 2.45) is 11.8 Å². The van der Waals surface area contributed by atoms with Crippen molar-refractivity contribution in [3.8, 4) is 0 Å². The molecule has 22 heavy (non-hydrogen) atoms. The van der Waals surface area contributed by atoms with Gasteiger partial charge >= 0.3 is 0 Å².